The Morgan fingerprint density at radius 2 is 1.84 bits per heavy atom. The molecule has 1 amide bonds. The standard InChI is InChI=1S/C17H19FN2O3S2/c1-20(2)25(22,23)16-5-3-4-15(10-16)19-17(21)12-24-11-13-6-8-14(18)9-7-13/h3-10H,11-12H2,1-2H3,(H,19,21). The number of hydrogen-bond acceptors (Lipinski definition) is 4. The number of nitrogens with zero attached hydrogens (tertiary/aromatic N) is 1. The molecule has 2 aromatic carbocycles. The van der Waals surface area contributed by atoms with E-state index in [0.29, 0.717) is 11.4 Å². The smallest absolute Gasteiger partial charge is 0.242 e. The minimum Gasteiger partial charge on any atom is -0.325 e. The molecule has 0 spiro atoms. The van der Waals surface area contributed by atoms with Crippen LogP contribution in [-0.4, -0.2) is 38.5 Å². The van der Waals surface area contributed by atoms with Crippen molar-refractivity contribution in [1.29, 1.82) is 0 Å². The summed E-state index contributed by atoms with van der Waals surface area (Å²) in [5, 5.41) is 2.69. The van der Waals surface area contributed by atoms with Crippen LogP contribution in [0.2, 0.25) is 0 Å². The molecule has 0 atom stereocenters. The van der Waals surface area contributed by atoms with Gasteiger partial charge in [0.15, 0.2) is 0 Å². The van der Waals surface area contributed by atoms with Crippen molar-refractivity contribution in [2.75, 3.05) is 25.2 Å². The maximum absolute atomic E-state index is 12.8. The van der Waals surface area contributed by atoms with Crippen molar-refractivity contribution in [3.63, 3.8) is 0 Å². The summed E-state index contributed by atoms with van der Waals surface area (Å²) < 4.78 is 38.2. The Bertz CT molecular complexity index is 837. The molecule has 0 bridgehead atoms. The molecule has 0 aliphatic heterocycles. The molecule has 2 aromatic rings. The van der Waals surface area contributed by atoms with E-state index in [9.17, 15) is 17.6 Å². The predicted molar refractivity (Wildman–Crippen MR) is 98.5 cm³/mol. The number of nitrogens with one attached hydrogen (secondary N) is 1. The highest BCUT2D eigenvalue weighted by Crippen LogP contribution is 2.19. The average Bonchev–Trinajstić information content (AvgIpc) is 2.56. The fourth-order valence-electron chi connectivity index (χ4n) is 1.98. The topological polar surface area (TPSA) is 66.5 Å². The summed E-state index contributed by atoms with van der Waals surface area (Å²) in [4.78, 5) is 12.1. The summed E-state index contributed by atoms with van der Waals surface area (Å²) in [6.07, 6.45) is 0. The zero-order valence-electron chi connectivity index (χ0n) is 13.9. The van der Waals surface area contributed by atoms with Crippen LogP contribution in [0.25, 0.3) is 0 Å². The Morgan fingerprint density at radius 1 is 1.16 bits per heavy atom. The molecule has 0 saturated carbocycles. The van der Waals surface area contributed by atoms with E-state index in [1.807, 2.05) is 0 Å². The van der Waals surface area contributed by atoms with E-state index in [1.165, 1.54) is 50.1 Å². The Balaban J connectivity index is 1.91. The molecule has 2 rings (SSSR count). The van der Waals surface area contributed by atoms with Gasteiger partial charge in [-0.05, 0) is 35.9 Å². The number of carbonyl (C=O) groups is 1. The molecular weight excluding hydrogens is 363 g/mol. The van der Waals surface area contributed by atoms with Crippen LogP contribution in [-0.2, 0) is 20.6 Å². The lowest BCUT2D eigenvalue weighted by Crippen LogP contribution is -2.22. The second kappa shape index (κ2) is 8.46. The molecule has 0 unspecified atom stereocenters. The van der Waals surface area contributed by atoms with Crippen molar-refractivity contribution in [1.82, 2.24) is 4.31 Å². The quantitative estimate of drug-likeness (QED) is 0.800. The van der Waals surface area contributed by atoms with E-state index in [0.717, 1.165) is 9.87 Å². The first-order chi connectivity index (χ1) is 11.8. The van der Waals surface area contributed by atoms with Gasteiger partial charge in [-0.2, -0.15) is 0 Å². The van der Waals surface area contributed by atoms with E-state index in [1.54, 1.807) is 24.3 Å². The Morgan fingerprint density at radius 3 is 2.48 bits per heavy atom. The van der Waals surface area contributed by atoms with Gasteiger partial charge in [-0.1, -0.05) is 18.2 Å². The van der Waals surface area contributed by atoms with Gasteiger partial charge in [0.05, 0.1) is 10.6 Å². The predicted octanol–water partition coefficient (Wildman–Crippen LogP) is 2.95. The number of halogens is 1. The maximum atomic E-state index is 12.8. The van der Waals surface area contributed by atoms with Crippen molar-refractivity contribution >= 4 is 33.4 Å². The number of amides is 1. The average molecular weight is 382 g/mol. The largest absolute Gasteiger partial charge is 0.325 e. The number of sulfonamides is 1. The van der Waals surface area contributed by atoms with Gasteiger partial charge in [-0.15, -0.1) is 11.8 Å². The lowest BCUT2D eigenvalue weighted by atomic mass is 10.2. The first kappa shape index (κ1) is 19.4. The summed E-state index contributed by atoms with van der Waals surface area (Å²) in [5.41, 5.74) is 1.36. The molecule has 0 saturated heterocycles. The van der Waals surface area contributed by atoms with Crippen molar-refractivity contribution in [2.24, 2.45) is 0 Å². The SMILES string of the molecule is CN(C)S(=O)(=O)c1cccc(NC(=O)CSCc2ccc(F)cc2)c1. The Labute approximate surface area is 151 Å². The molecule has 0 fully saturated rings. The van der Waals surface area contributed by atoms with E-state index in [-0.39, 0.29) is 22.4 Å². The molecule has 0 aromatic heterocycles. The van der Waals surface area contributed by atoms with Crippen LogP contribution in [0.3, 0.4) is 0 Å². The lowest BCUT2D eigenvalue weighted by molar-refractivity contribution is -0.113. The fourth-order valence-corrected chi connectivity index (χ4v) is 3.72. The number of anilines is 1. The monoisotopic (exact) mass is 382 g/mol. The van der Waals surface area contributed by atoms with Gasteiger partial charge in [0.2, 0.25) is 15.9 Å². The van der Waals surface area contributed by atoms with Crippen LogP contribution in [0.15, 0.2) is 53.4 Å². The summed E-state index contributed by atoms with van der Waals surface area (Å²) in [5.74, 6) is 0.274. The minimum atomic E-state index is -3.55. The van der Waals surface area contributed by atoms with Gasteiger partial charge >= 0.3 is 0 Å². The number of benzene rings is 2. The van der Waals surface area contributed by atoms with E-state index in [2.05, 4.69) is 5.32 Å². The highest BCUT2D eigenvalue weighted by molar-refractivity contribution is 7.99. The van der Waals surface area contributed by atoms with Crippen molar-refractivity contribution < 1.29 is 17.6 Å². The maximum Gasteiger partial charge on any atom is 0.242 e. The number of hydrogen-bond donors (Lipinski definition) is 1. The highest BCUT2D eigenvalue weighted by atomic mass is 32.2. The van der Waals surface area contributed by atoms with Crippen molar-refractivity contribution in [2.45, 2.75) is 10.6 Å². The van der Waals surface area contributed by atoms with Gasteiger partial charge < -0.3 is 5.32 Å². The summed E-state index contributed by atoms with van der Waals surface area (Å²) >= 11 is 1.39. The zero-order valence-corrected chi connectivity index (χ0v) is 15.5. The molecule has 134 valence electrons. The van der Waals surface area contributed by atoms with Gasteiger partial charge in [0.1, 0.15) is 5.82 Å². The molecule has 0 aliphatic carbocycles. The zero-order chi connectivity index (χ0) is 18.4. The van der Waals surface area contributed by atoms with E-state index >= 15 is 0 Å². The summed E-state index contributed by atoms with van der Waals surface area (Å²) in [6, 6.07) is 12.2. The van der Waals surface area contributed by atoms with Crippen molar-refractivity contribution in [3.8, 4) is 0 Å². The van der Waals surface area contributed by atoms with E-state index < -0.39 is 10.0 Å². The molecular formula is C17H19FN2O3S2. The second-order valence-electron chi connectivity index (χ2n) is 5.48. The van der Waals surface area contributed by atoms with Crippen LogP contribution in [0.4, 0.5) is 10.1 Å². The first-order valence-electron chi connectivity index (χ1n) is 7.43. The third-order valence-electron chi connectivity index (χ3n) is 3.31. The Kier molecular flexibility index (Phi) is 6.57. The third kappa shape index (κ3) is 5.55. The van der Waals surface area contributed by atoms with Crippen molar-refractivity contribution in [3.05, 3.63) is 59.9 Å². The van der Waals surface area contributed by atoms with Crippen LogP contribution >= 0.6 is 11.8 Å². The fraction of sp³-hybridized carbons (Fsp3) is 0.235. The van der Waals surface area contributed by atoms with Crippen LogP contribution in [0.5, 0.6) is 0 Å². The molecule has 25 heavy (non-hydrogen) atoms. The highest BCUT2D eigenvalue weighted by Gasteiger charge is 2.17. The number of thioether (sulfide) groups is 1. The molecule has 0 radical (unpaired) electrons. The van der Waals surface area contributed by atoms with Gasteiger partial charge in [-0.3, -0.25) is 4.79 Å². The van der Waals surface area contributed by atoms with Crippen LogP contribution in [0, 0.1) is 5.82 Å². The summed E-state index contributed by atoms with van der Waals surface area (Å²) in [7, 11) is -0.643. The lowest BCUT2D eigenvalue weighted by Gasteiger charge is -2.12. The van der Waals surface area contributed by atoms with Gasteiger partial charge in [-0.25, -0.2) is 17.1 Å². The molecule has 8 heteroatoms. The molecule has 0 aliphatic rings. The van der Waals surface area contributed by atoms with Gasteiger partial charge in [0.25, 0.3) is 0 Å². The normalized spacial score (nSPS) is 11.5. The van der Waals surface area contributed by atoms with Gasteiger partial charge in [0, 0.05) is 25.5 Å². The number of rotatable bonds is 7. The molecule has 0 heterocycles. The molecule has 1 N–H and O–H groups in total. The first-order valence-corrected chi connectivity index (χ1v) is 10.0. The number of carbonyl (C=O) groups excluding carboxylic acids is 1. The summed E-state index contributed by atoms with van der Waals surface area (Å²) in [6.45, 7) is 0. The molecule has 5 nitrogen and oxygen atoms in total. The second-order valence-corrected chi connectivity index (χ2v) is 8.62. The van der Waals surface area contributed by atoms with Crippen LogP contribution in [0.1, 0.15) is 5.56 Å². The van der Waals surface area contributed by atoms with Crippen LogP contribution < -0.4 is 5.32 Å². The third-order valence-corrected chi connectivity index (χ3v) is 6.13. The Hall–Kier alpha value is -1.90. The minimum absolute atomic E-state index is 0.120. The van der Waals surface area contributed by atoms with E-state index in [4.69, 9.17) is 0 Å².